The first-order valence-electron chi connectivity index (χ1n) is 5.37. The standard InChI is InChI=1S/C11H14N4S2/c1-4-8-14-9(12-3)7(2)10(15-8)17-11-13-5-6-16-11/h5-6H,4H2,1-3H3,(H,12,14,15). The molecule has 0 radical (unpaired) electrons. The van der Waals surface area contributed by atoms with Crippen LogP contribution in [0.5, 0.6) is 0 Å². The third-order valence-electron chi connectivity index (χ3n) is 2.29. The second-order valence-corrected chi connectivity index (χ2v) is 5.55. The van der Waals surface area contributed by atoms with E-state index in [0.717, 1.165) is 33.0 Å². The fourth-order valence-corrected chi connectivity index (χ4v) is 3.02. The summed E-state index contributed by atoms with van der Waals surface area (Å²) in [5, 5.41) is 6.06. The van der Waals surface area contributed by atoms with Crippen LogP contribution in [0, 0.1) is 6.92 Å². The van der Waals surface area contributed by atoms with E-state index in [1.54, 1.807) is 23.1 Å². The lowest BCUT2D eigenvalue weighted by Gasteiger charge is -2.09. The normalized spacial score (nSPS) is 10.5. The maximum atomic E-state index is 4.55. The Labute approximate surface area is 109 Å². The van der Waals surface area contributed by atoms with E-state index < -0.39 is 0 Å². The minimum absolute atomic E-state index is 0.834. The average Bonchev–Trinajstić information content (AvgIpc) is 2.84. The number of rotatable bonds is 4. The third kappa shape index (κ3) is 2.76. The van der Waals surface area contributed by atoms with Gasteiger partial charge in [0.15, 0.2) is 4.34 Å². The number of nitrogens with one attached hydrogen (secondary N) is 1. The van der Waals surface area contributed by atoms with E-state index in [1.807, 2.05) is 25.5 Å². The van der Waals surface area contributed by atoms with Crippen LogP contribution in [0.1, 0.15) is 18.3 Å². The molecule has 0 fully saturated rings. The molecule has 0 aliphatic heterocycles. The summed E-state index contributed by atoms with van der Waals surface area (Å²) < 4.78 is 1.01. The Morgan fingerprint density at radius 3 is 2.82 bits per heavy atom. The smallest absolute Gasteiger partial charge is 0.156 e. The minimum atomic E-state index is 0.834. The maximum absolute atomic E-state index is 4.55. The van der Waals surface area contributed by atoms with Gasteiger partial charge >= 0.3 is 0 Å². The number of hydrogen-bond acceptors (Lipinski definition) is 6. The van der Waals surface area contributed by atoms with E-state index in [2.05, 4.69) is 27.2 Å². The van der Waals surface area contributed by atoms with Gasteiger partial charge < -0.3 is 5.32 Å². The molecule has 0 aliphatic carbocycles. The van der Waals surface area contributed by atoms with Gasteiger partial charge in [0, 0.05) is 30.6 Å². The van der Waals surface area contributed by atoms with Gasteiger partial charge in [0.05, 0.1) is 0 Å². The van der Waals surface area contributed by atoms with Gasteiger partial charge in [0.2, 0.25) is 0 Å². The Bertz CT molecular complexity index is 496. The Kier molecular flexibility index (Phi) is 3.96. The molecule has 0 aliphatic rings. The number of anilines is 1. The highest BCUT2D eigenvalue weighted by Gasteiger charge is 2.11. The van der Waals surface area contributed by atoms with Gasteiger partial charge in [-0.1, -0.05) is 6.92 Å². The first-order valence-corrected chi connectivity index (χ1v) is 7.06. The van der Waals surface area contributed by atoms with Crippen molar-refractivity contribution >= 4 is 28.9 Å². The summed E-state index contributed by atoms with van der Waals surface area (Å²) in [7, 11) is 1.88. The van der Waals surface area contributed by atoms with Crippen LogP contribution in [0.25, 0.3) is 0 Å². The van der Waals surface area contributed by atoms with Crippen molar-refractivity contribution in [1.29, 1.82) is 0 Å². The van der Waals surface area contributed by atoms with Crippen molar-refractivity contribution in [3.05, 3.63) is 23.0 Å². The molecule has 0 bridgehead atoms. The molecule has 2 aromatic heterocycles. The third-order valence-corrected chi connectivity index (χ3v) is 4.27. The number of aromatic nitrogens is 3. The molecule has 0 atom stereocenters. The van der Waals surface area contributed by atoms with Crippen LogP contribution in [0.3, 0.4) is 0 Å². The fourth-order valence-electron chi connectivity index (χ4n) is 1.38. The average molecular weight is 266 g/mol. The van der Waals surface area contributed by atoms with Crippen LogP contribution in [0.4, 0.5) is 5.82 Å². The molecule has 1 N–H and O–H groups in total. The lowest BCUT2D eigenvalue weighted by molar-refractivity contribution is 0.874. The molecule has 0 spiro atoms. The second kappa shape index (κ2) is 5.46. The van der Waals surface area contributed by atoms with Crippen molar-refractivity contribution in [2.45, 2.75) is 29.6 Å². The number of hydrogen-bond donors (Lipinski definition) is 1. The second-order valence-electron chi connectivity index (χ2n) is 3.42. The topological polar surface area (TPSA) is 50.7 Å². The zero-order valence-corrected chi connectivity index (χ0v) is 11.7. The highest BCUT2D eigenvalue weighted by Crippen LogP contribution is 2.32. The summed E-state index contributed by atoms with van der Waals surface area (Å²) in [5.41, 5.74) is 1.07. The largest absolute Gasteiger partial charge is 0.373 e. The monoisotopic (exact) mass is 266 g/mol. The quantitative estimate of drug-likeness (QED) is 0.862. The van der Waals surface area contributed by atoms with Crippen molar-refractivity contribution < 1.29 is 0 Å². The number of aryl methyl sites for hydroxylation is 1. The summed E-state index contributed by atoms with van der Waals surface area (Å²) >= 11 is 3.22. The van der Waals surface area contributed by atoms with E-state index in [0.29, 0.717) is 0 Å². The number of nitrogens with zero attached hydrogens (tertiary/aromatic N) is 3. The molecule has 0 unspecified atom stereocenters. The molecule has 0 saturated carbocycles. The van der Waals surface area contributed by atoms with Crippen molar-refractivity contribution in [1.82, 2.24) is 15.0 Å². The van der Waals surface area contributed by atoms with Crippen molar-refractivity contribution in [3.8, 4) is 0 Å². The first kappa shape index (κ1) is 12.3. The van der Waals surface area contributed by atoms with E-state index in [-0.39, 0.29) is 0 Å². The molecule has 0 aromatic carbocycles. The summed E-state index contributed by atoms with van der Waals surface area (Å²) in [6.45, 7) is 4.09. The Morgan fingerprint density at radius 1 is 1.41 bits per heavy atom. The van der Waals surface area contributed by atoms with Gasteiger partial charge in [-0.25, -0.2) is 15.0 Å². The highest BCUT2D eigenvalue weighted by molar-refractivity contribution is 8.01. The van der Waals surface area contributed by atoms with Gasteiger partial charge in [-0.3, -0.25) is 0 Å². The number of thiazole rings is 1. The summed E-state index contributed by atoms with van der Waals surface area (Å²) in [6, 6.07) is 0. The predicted molar refractivity (Wildman–Crippen MR) is 71.9 cm³/mol. The van der Waals surface area contributed by atoms with Crippen LogP contribution in [-0.4, -0.2) is 22.0 Å². The summed E-state index contributed by atoms with van der Waals surface area (Å²) in [5.74, 6) is 1.76. The molecule has 6 heteroatoms. The molecule has 4 nitrogen and oxygen atoms in total. The van der Waals surface area contributed by atoms with Crippen molar-refractivity contribution in [2.75, 3.05) is 12.4 Å². The summed E-state index contributed by atoms with van der Waals surface area (Å²) in [4.78, 5) is 13.3. The molecular formula is C11H14N4S2. The predicted octanol–water partition coefficient (Wildman–Crippen LogP) is 3.00. The van der Waals surface area contributed by atoms with Crippen LogP contribution < -0.4 is 5.32 Å². The Balaban J connectivity index is 2.38. The van der Waals surface area contributed by atoms with Crippen LogP contribution in [-0.2, 0) is 6.42 Å². The van der Waals surface area contributed by atoms with Gasteiger partial charge in [0.1, 0.15) is 16.7 Å². The van der Waals surface area contributed by atoms with Gasteiger partial charge in [-0.15, -0.1) is 11.3 Å². The minimum Gasteiger partial charge on any atom is -0.373 e. The Morgan fingerprint density at radius 2 is 2.24 bits per heavy atom. The first-order chi connectivity index (χ1) is 8.24. The SMILES string of the molecule is CCc1nc(NC)c(C)c(Sc2nccs2)n1. The fraction of sp³-hybridized carbons (Fsp3) is 0.364. The Hall–Kier alpha value is -1.14. The van der Waals surface area contributed by atoms with Gasteiger partial charge in [-0.05, 0) is 18.7 Å². The van der Waals surface area contributed by atoms with Crippen LogP contribution in [0.15, 0.2) is 20.9 Å². The highest BCUT2D eigenvalue weighted by atomic mass is 32.2. The molecule has 90 valence electrons. The lowest BCUT2D eigenvalue weighted by atomic mass is 10.3. The zero-order valence-electron chi connectivity index (χ0n) is 10.0. The van der Waals surface area contributed by atoms with E-state index in [9.17, 15) is 0 Å². The van der Waals surface area contributed by atoms with Crippen LogP contribution in [0.2, 0.25) is 0 Å². The van der Waals surface area contributed by atoms with E-state index in [1.165, 1.54) is 0 Å². The van der Waals surface area contributed by atoms with Crippen molar-refractivity contribution in [2.24, 2.45) is 0 Å². The molecular weight excluding hydrogens is 252 g/mol. The van der Waals surface area contributed by atoms with Gasteiger partial charge in [-0.2, -0.15) is 0 Å². The molecule has 0 amide bonds. The van der Waals surface area contributed by atoms with E-state index in [4.69, 9.17) is 0 Å². The van der Waals surface area contributed by atoms with E-state index >= 15 is 0 Å². The molecule has 2 aromatic rings. The molecule has 2 heterocycles. The molecule has 0 saturated heterocycles. The molecule has 2 rings (SSSR count). The summed E-state index contributed by atoms with van der Waals surface area (Å²) in [6.07, 6.45) is 2.64. The molecule has 17 heavy (non-hydrogen) atoms. The zero-order chi connectivity index (χ0) is 12.3. The van der Waals surface area contributed by atoms with Gasteiger partial charge in [0.25, 0.3) is 0 Å². The van der Waals surface area contributed by atoms with Crippen LogP contribution >= 0.6 is 23.1 Å². The van der Waals surface area contributed by atoms with Crippen molar-refractivity contribution in [3.63, 3.8) is 0 Å². The lowest BCUT2D eigenvalue weighted by Crippen LogP contribution is -2.03. The maximum Gasteiger partial charge on any atom is 0.156 e.